The van der Waals surface area contributed by atoms with Crippen LogP contribution in [-0.2, 0) is 13.0 Å². The molecular formula is C24H24N4O2S. The van der Waals surface area contributed by atoms with Crippen LogP contribution in [0.15, 0.2) is 47.3 Å². The molecule has 3 heterocycles. The molecule has 1 saturated heterocycles. The fourth-order valence-electron chi connectivity index (χ4n) is 5.54. The lowest BCUT2D eigenvalue weighted by Crippen LogP contribution is -2.32. The zero-order valence-corrected chi connectivity index (χ0v) is 18.2. The van der Waals surface area contributed by atoms with Gasteiger partial charge in [0.25, 0.3) is 5.56 Å². The first-order chi connectivity index (χ1) is 15.2. The Balaban J connectivity index is 1.29. The molecule has 1 aliphatic heterocycles. The van der Waals surface area contributed by atoms with Crippen molar-refractivity contribution in [3.8, 4) is 5.75 Å². The second-order valence-electron chi connectivity index (χ2n) is 8.55. The molecule has 0 saturated carbocycles. The third-order valence-corrected chi connectivity index (χ3v) is 8.15. The molecule has 6 nitrogen and oxygen atoms in total. The van der Waals surface area contributed by atoms with Gasteiger partial charge in [-0.1, -0.05) is 35.5 Å². The van der Waals surface area contributed by atoms with Crippen molar-refractivity contribution in [2.24, 2.45) is 5.92 Å². The van der Waals surface area contributed by atoms with Crippen LogP contribution in [0.25, 0.3) is 20.3 Å². The highest BCUT2D eigenvalue weighted by atomic mass is 32.1. The lowest BCUT2D eigenvalue weighted by Gasteiger charge is -2.32. The number of nitrogens with one attached hydrogen (secondary N) is 1. The van der Waals surface area contributed by atoms with Crippen molar-refractivity contribution in [2.45, 2.75) is 37.8 Å². The van der Waals surface area contributed by atoms with Crippen LogP contribution in [0.3, 0.4) is 0 Å². The third-order valence-electron chi connectivity index (χ3n) is 7.00. The van der Waals surface area contributed by atoms with Crippen LogP contribution in [0.2, 0.25) is 0 Å². The molecule has 1 unspecified atom stereocenters. The number of aryl methyl sites for hydroxylation is 1. The van der Waals surface area contributed by atoms with E-state index in [1.165, 1.54) is 28.9 Å². The van der Waals surface area contributed by atoms with E-state index in [9.17, 15) is 4.79 Å². The highest BCUT2D eigenvalue weighted by Crippen LogP contribution is 2.45. The number of nitrogens with zero attached hydrogens (tertiary/aromatic N) is 3. The Morgan fingerprint density at radius 2 is 2.13 bits per heavy atom. The minimum atomic E-state index is -0.0357. The normalized spacial score (nSPS) is 22.5. The first kappa shape index (κ1) is 19.0. The number of thiophene rings is 1. The number of rotatable bonds is 4. The maximum atomic E-state index is 13.1. The summed E-state index contributed by atoms with van der Waals surface area (Å²) in [6, 6.07) is 14.7. The maximum absolute atomic E-state index is 13.1. The highest BCUT2D eigenvalue weighted by Gasteiger charge is 2.40. The van der Waals surface area contributed by atoms with Gasteiger partial charge >= 0.3 is 0 Å². The van der Waals surface area contributed by atoms with Crippen molar-refractivity contribution in [1.29, 1.82) is 0 Å². The summed E-state index contributed by atoms with van der Waals surface area (Å²) >= 11 is 1.51. The first-order valence-electron chi connectivity index (χ1n) is 10.9. The van der Waals surface area contributed by atoms with E-state index in [1.54, 1.807) is 11.8 Å². The lowest BCUT2D eigenvalue weighted by molar-refractivity contribution is 0.367. The van der Waals surface area contributed by atoms with Crippen LogP contribution >= 0.6 is 11.3 Å². The molecule has 158 valence electrons. The molecule has 0 amide bonds. The van der Waals surface area contributed by atoms with Crippen LogP contribution in [0, 0.1) is 5.92 Å². The Hall–Kier alpha value is -2.77. The SMILES string of the molecule is COc1cccc2c1CC[C@H]1CNC(CCn3nnc4c(sc5ccccc54)c3=O)[C@@H]21. The van der Waals surface area contributed by atoms with Gasteiger partial charge in [-0.25, -0.2) is 4.68 Å². The zero-order chi connectivity index (χ0) is 20.9. The van der Waals surface area contributed by atoms with Gasteiger partial charge in [0.2, 0.25) is 0 Å². The number of methoxy groups -OCH3 is 1. The van der Waals surface area contributed by atoms with E-state index in [0.29, 0.717) is 34.6 Å². The zero-order valence-electron chi connectivity index (χ0n) is 17.4. The fraction of sp³-hybridized carbons (Fsp3) is 0.375. The van der Waals surface area contributed by atoms with Crippen molar-refractivity contribution < 1.29 is 4.74 Å². The van der Waals surface area contributed by atoms with Crippen molar-refractivity contribution in [3.05, 3.63) is 63.9 Å². The monoisotopic (exact) mass is 432 g/mol. The predicted octanol–water partition coefficient (Wildman–Crippen LogP) is 3.72. The van der Waals surface area contributed by atoms with Gasteiger partial charge in [-0.2, -0.15) is 0 Å². The number of fused-ring (bicyclic) bond motifs is 6. The van der Waals surface area contributed by atoms with Gasteiger partial charge in [0.15, 0.2) is 0 Å². The maximum Gasteiger partial charge on any atom is 0.287 e. The van der Waals surface area contributed by atoms with E-state index in [1.807, 2.05) is 24.3 Å². The smallest absolute Gasteiger partial charge is 0.287 e. The van der Waals surface area contributed by atoms with E-state index in [-0.39, 0.29) is 5.56 Å². The van der Waals surface area contributed by atoms with E-state index >= 15 is 0 Å². The largest absolute Gasteiger partial charge is 0.496 e. The van der Waals surface area contributed by atoms with Crippen LogP contribution in [0.5, 0.6) is 5.75 Å². The minimum absolute atomic E-state index is 0.0357. The Labute approximate surface area is 183 Å². The molecule has 0 radical (unpaired) electrons. The van der Waals surface area contributed by atoms with Gasteiger partial charge in [-0.15, -0.1) is 16.4 Å². The van der Waals surface area contributed by atoms with Gasteiger partial charge in [0.1, 0.15) is 16.0 Å². The molecule has 1 aliphatic carbocycles. The molecule has 0 bridgehead atoms. The van der Waals surface area contributed by atoms with Gasteiger partial charge in [-0.3, -0.25) is 4.79 Å². The van der Waals surface area contributed by atoms with Crippen molar-refractivity contribution >= 4 is 31.6 Å². The highest BCUT2D eigenvalue weighted by molar-refractivity contribution is 7.25. The third kappa shape index (κ3) is 2.98. The van der Waals surface area contributed by atoms with E-state index in [2.05, 4.69) is 33.8 Å². The topological polar surface area (TPSA) is 69.0 Å². The van der Waals surface area contributed by atoms with Gasteiger partial charge in [0, 0.05) is 28.6 Å². The van der Waals surface area contributed by atoms with Crippen LogP contribution in [0.1, 0.15) is 29.9 Å². The summed E-state index contributed by atoms with van der Waals surface area (Å²) in [6.45, 7) is 1.60. The second-order valence-corrected chi connectivity index (χ2v) is 9.60. The summed E-state index contributed by atoms with van der Waals surface area (Å²) in [6.07, 6.45) is 3.10. The Kier molecular flexibility index (Phi) is 4.54. The molecular weight excluding hydrogens is 408 g/mol. The average Bonchev–Trinajstić information content (AvgIpc) is 3.40. The summed E-state index contributed by atoms with van der Waals surface area (Å²) in [7, 11) is 1.75. The van der Waals surface area contributed by atoms with Gasteiger partial charge < -0.3 is 10.1 Å². The van der Waals surface area contributed by atoms with Crippen molar-refractivity contribution in [3.63, 3.8) is 0 Å². The van der Waals surface area contributed by atoms with E-state index in [4.69, 9.17) is 4.74 Å². The summed E-state index contributed by atoms with van der Waals surface area (Å²) in [5.74, 6) is 2.09. The molecule has 2 aromatic heterocycles. The van der Waals surface area contributed by atoms with E-state index in [0.717, 1.165) is 35.2 Å². The average molecular weight is 433 g/mol. The Morgan fingerprint density at radius 1 is 1.23 bits per heavy atom. The Bertz CT molecular complexity index is 1340. The molecule has 3 atom stereocenters. The number of aromatic nitrogens is 3. The molecule has 1 fully saturated rings. The molecule has 2 aliphatic rings. The van der Waals surface area contributed by atoms with Gasteiger partial charge in [-0.05, 0) is 55.0 Å². The van der Waals surface area contributed by atoms with Crippen molar-refractivity contribution in [2.75, 3.05) is 13.7 Å². The summed E-state index contributed by atoms with van der Waals surface area (Å²) in [5.41, 5.74) is 3.44. The first-order valence-corrected chi connectivity index (χ1v) is 11.7. The standard InChI is InChI=1S/C24H24N4O2S/c1-30-19-7-4-6-16-15(19)10-9-14-13-25-18(21(14)16)11-12-28-24(29)23-22(26-27-28)17-5-2-3-8-20(17)31-23/h2-8,14,18,21,25H,9-13H2,1H3/t14-,18?,21+/m0/s1. The summed E-state index contributed by atoms with van der Waals surface area (Å²) in [4.78, 5) is 13.1. The second kappa shape index (κ2) is 7.43. The molecule has 6 rings (SSSR count). The number of ether oxygens (including phenoxy) is 1. The molecule has 7 heteroatoms. The van der Waals surface area contributed by atoms with Gasteiger partial charge in [0.05, 0.1) is 7.11 Å². The fourth-order valence-corrected chi connectivity index (χ4v) is 6.62. The van der Waals surface area contributed by atoms with Crippen LogP contribution in [0.4, 0.5) is 0 Å². The van der Waals surface area contributed by atoms with Crippen LogP contribution in [-0.4, -0.2) is 34.7 Å². The molecule has 31 heavy (non-hydrogen) atoms. The Morgan fingerprint density at radius 3 is 3.03 bits per heavy atom. The van der Waals surface area contributed by atoms with Crippen molar-refractivity contribution in [1.82, 2.24) is 20.3 Å². The van der Waals surface area contributed by atoms with E-state index < -0.39 is 0 Å². The van der Waals surface area contributed by atoms with Crippen LogP contribution < -0.4 is 15.6 Å². The number of benzene rings is 2. The predicted molar refractivity (Wildman–Crippen MR) is 123 cm³/mol. The molecule has 4 aromatic rings. The summed E-state index contributed by atoms with van der Waals surface area (Å²) in [5, 5.41) is 13.4. The molecule has 1 N–H and O–H groups in total. The summed E-state index contributed by atoms with van der Waals surface area (Å²) < 4.78 is 8.94. The lowest BCUT2D eigenvalue weighted by atomic mass is 9.73. The quantitative estimate of drug-likeness (QED) is 0.532. The minimum Gasteiger partial charge on any atom is -0.496 e. The number of hydrogen-bond acceptors (Lipinski definition) is 6. The molecule has 2 aromatic carbocycles. The number of hydrogen-bond donors (Lipinski definition) is 1. The molecule has 0 spiro atoms.